The van der Waals surface area contributed by atoms with Crippen molar-refractivity contribution in [3.63, 3.8) is 0 Å². The quantitative estimate of drug-likeness (QED) is 0.411. The molecule has 61 valence electrons. The van der Waals surface area contributed by atoms with E-state index in [1.807, 2.05) is 0 Å². The molecule has 0 spiro atoms. The fourth-order valence-electron chi connectivity index (χ4n) is 0.433. The molecule has 0 bridgehead atoms. The van der Waals surface area contributed by atoms with Gasteiger partial charge in [0.25, 0.3) is 0 Å². The fourth-order valence-corrected chi connectivity index (χ4v) is 1.19. The Morgan fingerprint density at radius 1 is 1.60 bits per heavy atom. The molecule has 0 aliphatic heterocycles. The van der Waals surface area contributed by atoms with E-state index in [4.69, 9.17) is 14.6 Å². The van der Waals surface area contributed by atoms with Crippen molar-refractivity contribution in [3.05, 3.63) is 0 Å². The zero-order valence-corrected chi connectivity index (χ0v) is 7.44. The SMILES string of the molecule is CCC[SiH]OCC(O)CO. The second kappa shape index (κ2) is 7.21. The van der Waals surface area contributed by atoms with Gasteiger partial charge in [0.1, 0.15) is 0 Å². The molecule has 10 heavy (non-hydrogen) atoms. The van der Waals surface area contributed by atoms with Crippen LogP contribution in [0.15, 0.2) is 0 Å². The van der Waals surface area contributed by atoms with Crippen LogP contribution in [0.1, 0.15) is 13.3 Å². The molecule has 2 N–H and O–H groups in total. The van der Waals surface area contributed by atoms with Crippen LogP contribution in [0.3, 0.4) is 0 Å². The van der Waals surface area contributed by atoms with Crippen LogP contribution >= 0.6 is 0 Å². The van der Waals surface area contributed by atoms with E-state index >= 15 is 0 Å². The monoisotopic (exact) mass is 163 g/mol. The summed E-state index contributed by atoms with van der Waals surface area (Å²) >= 11 is 0. The van der Waals surface area contributed by atoms with Gasteiger partial charge in [-0.15, -0.1) is 0 Å². The van der Waals surface area contributed by atoms with Crippen molar-refractivity contribution < 1.29 is 14.6 Å². The maximum Gasteiger partial charge on any atom is 0.193 e. The van der Waals surface area contributed by atoms with Crippen molar-refractivity contribution in [2.24, 2.45) is 0 Å². The van der Waals surface area contributed by atoms with E-state index in [1.165, 1.54) is 0 Å². The largest absolute Gasteiger partial charge is 0.418 e. The first kappa shape index (κ1) is 10.1. The van der Waals surface area contributed by atoms with Crippen molar-refractivity contribution in [1.29, 1.82) is 0 Å². The van der Waals surface area contributed by atoms with Gasteiger partial charge in [-0.05, 0) is 6.04 Å². The highest BCUT2D eigenvalue weighted by atomic mass is 28.2. The Morgan fingerprint density at radius 3 is 2.80 bits per heavy atom. The molecule has 0 fully saturated rings. The van der Waals surface area contributed by atoms with Crippen molar-refractivity contribution in [2.75, 3.05) is 13.2 Å². The zero-order valence-electron chi connectivity index (χ0n) is 6.29. The van der Waals surface area contributed by atoms with Crippen LogP contribution in [0.5, 0.6) is 0 Å². The van der Waals surface area contributed by atoms with Crippen LogP contribution in [0.25, 0.3) is 0 Å². The molecule has 0 aromatic heterocycles. The molecule has 0 aromatic carbocycles. The minimum Gasteiger partial charge on any atom is -0.418 e. The highest BCUT2D eigenvalue weighted by Crippen LogP contribution is 1.88. The second-order valence-corrected chi connectivity index (χ2v) is 3.37. The predicted molar refractivity (Wildman–Crippen MR) is 41.3 cm³/mol. The number of hydrogen-bond donors (Lipinski definition) is 2. The molecule has 1 unspecified atom stereocenters. The maximum absolute atomic E-state index is 8.80. The lowest BCUT2D eigenvalue weighted by molar-refractivity contribution is 0.0547. The highest BCUT2D eigenvalue weighted by Gasteiger charge is 1.99. The lowest BCUT2D eigenvalue weighted by Crippen LogP contribution is -2.20. The molecule has 0 aliphatic carbocycles. The van der Waals surface area contributed by atoms with Crippen LogP contribution in [0, 0.1) is 0 Å². The Kier molecular flexibility index (Phi) is 7.28. The predicted octanol–water partition coefficient (Wildman–Crippen LogP) is -0.464. The molecular formula is C6H15O3Si. The number of rotatable bonds is 6. The van der Waals surface area contributed by atoms with Crippen LogP contribution in [-0.4, -0.2) is 39.3 Å². The first-order chi connectivity index (χ1) is 4.81. The minimum atomic E-state index is -0.690. The van der Waals surface area contributed by atoms with E-state index in [0.29, 0.717) is 0 Å². The molecular weight excluding hydrogens is 148 g/mol. The number of aliphatic hydroxyl groups excluding tert-OH is 2. The summed E-state index contributed by atoms with van der Waals surface area (Å²) < 4.78 is 5.10. The van der Waals surface area contributed by atoms with Crippen molar-refractivity contribution >= 4 is 9.76 Å². The molecule has 0 saturated carbocycles. The second-order valence-electron chi connectivity index (χ2n) is 2.13. The summed E-state index contributed by atoms with van der Waals surface area (Å²) in [4.78, 5) is 0. The van der Waals surface area contributed by atoms with E-state index in [2.05, 4.69) is 6.92 Å². The smallest absolute Gasteiger partial charge is 0.193 e. The number of aliphatic hydroxyl groups is 2. The van der Waals surface area contributed by atoms with Gasteiger partial charge < -0.3 is 14.6 Å². The summed E-state index contributed by atoms with van der Waals surface area (Å²) in [6.45, 7) is 2.18. The van der Waals surface area contributed by atoms with E-state index in [1.54, 1.807) is 0 Å². The Labute approximate surface area is 64.0 Å². The van der Waals surface area contributed by atoms with Gasteiger partial charge in [-0.1, -0.05) is 13.3 Å². The minimum absolute atomic E-state index is 0.0225. The lowest BCUT2D eigenvalue weighted by Gasteiger charge is -2.06. The van der Waals surface area contributed by atoms with Gasteiger partial charge in [0.15, 0.2) is 9.76 Å². The average molecular weight is 163 g/mol. The molecule has 0 heterocycles. The summed E-state index contributed by atoms with van der Waals surface area (Å²) in [7, 11) is 0.0225. The lowest BCUT2D eigenvalue weighted by atomic mass is 10.4. The molecule has 0 rings (SSSR count). The Balaban J connectivity index is 2.89. The van der Waals surface area contributed by atoms with Crippen LogP contribution < -0.4 is 0 Å². The van der Waals surface area contributed by atoms with Crippen molar-refractivity contribution in [1.82, 2.24) is 0 Å². The van der Waals surface area contributed by atoms with Crippen molar-refractivity contribution in [2.45, 2.75) is 25.5 Å². The van der Waals surface area contributed by atoms with Crippen molar-refractivity contribution in [3.8, 4) is 0 Å². The standard InChI is InChI=1S/C6H15O3Si/c1-2-3-10-9-5-6(8)4-7/h6-8,10H,2-5H2,1H3. The third-order valence-corrected chi connectivity index (χ3v) is 2.26. The van der Waals surface area contributed by atoms with E-state index in [-0.39, 0.29) is 23.0 Å². The molecule has 1 atom stereocenters. The third kappa shape index (κ3) is 6.22. The molecule has 0 saturated heterocycles. The van der Waals surface area contributed by atoms with Gasteiger partial charge in [-0.2, -0.15) is 0 Å². The summed E-state index contributed by atoms with van der Waals surface area (Å²) in [6.07, 6.45) is 0.439. The topological polar surface area (TPSA) is 49.7 Å². The summed E-state index contributed by atoms with van der Waals surface area (Å²) in [6, 6.07) is 1.10. The Bertz CT molecular complexity index is 70.0. The molecule has 3 nitrogen and oxygen atoms in total. The van der Waals surface area contributed by atoms with Gasteiger partial charge in [-0.3, -0.25) is 0 Å². The first-order valence-electron chi connectivity index (χ1n) is 3.53. The zero-order chi connectivity index (χ0) is 7.82. The summed E-state index contributed by atoms with van der Waals surface area (Å²) in [5.41, 5.74) is 0. The molecule has 1 radical (unpaired) electrons. The normalized spacial score (nSPS) is 13.5. The van der Waals surface area contributed by atoms with Gasteiger partial charge in [0.05, 0.1) is 19.3 Å². The van der Waals surface area contributed by atoms with Gasteiger partial charge in [-0.25, -0.2) is 0 Å². The molecule has 0 aliphatic rings. The Hall–Kier alpha value is 0.0969. The highest BCUT2D eigenvalue weighted by molar-refractivity contribution is 6.26. The molecule has 0 aromatic rings. The Morgan fingerprint density at radius 2 is 2.30 bits per heavy atom. The summed E-state index contributed by atoms with van der Waals surface area (Å²) in [5, 5.41) is 17.2. The van der Waals surface area contributed by atoms with E-state index in [0.717, 1.165) is 12.5 Å². The number of hydrogen-bond acceptors (Lipinski definition) is 3. The third-order valence-electron chi connectivity index (χ3n) is 1.02. The van der Waals surface area contributed by atoms with Gasteiger partial charge >= 0.3 is 0 Å². The fraction of sp³-hybridized carbons (Fsp3) is 1.00. The van der Waals surface area contributed by atoms with Gasteiger partial charge in [0, 0.05) is 0 Å². The molecule has 4 heteroatoms. The van der Waals surface area contributed by atoms with E-state index in [9.17, 15) is 0 Å². The first-order valence-corrected chi connectivity index (χ1v) is 4.82. The summed E-state index contributed by atoms with van der Waals surface area (Å²) in [5.74, 6) is 0. The van der Waals surface area contributed by atoms with Crippen LogP contribution in [0.2, 0.25) is 6.04 Å². The average Bonchev–Trinajstić information content (AvgIpc) is 1.98. The van der Waals surface area contributed by atoms with E-state index < -0.39 is 6.10 Å². The van der Waals surface area contributed by atoms with Gasteiger partial charge in [0.2, 0.25) is 0 Å². The van der Waals surface area contributed by atoms with Crippen LogP contribution in [-0.2, 0) is 4.43 Å². The molecule has 0 amide bonds. The maximum atomic E-state index is 8.80. The van der Waals surface area contributed by atoms with Crippen LogP contribution in [0.4, 0.5) is 0 Å².